The van der Waals surface area contributed by atoms with E-state index >= 15 is 0 Å². The van der Waals surface area contributed by atoms with Gasteiger partial charge >= 0.3 is 11.0 Å². The highest BCUT2D eigenvalue weighted by Crippen LogP contribution is 2.28. The predicted octanol–water partition coefficient (Wildman–Crippen LogP) is 1.60. The summed E-state index contributed by atoms with van der Waals surface area (Å²) in [6.07, 6.45) is 0.244. The fourth-order valence-corrected chi connectivity index (χ4v) is 2.29. The van der Waals surface area contributed by atoms with E-state index in [4.69, 9.17) is 0 Å². The molecule has 1 N–H and O–H groups in total. The minimum absolute atomic E-state index is 0.0338. The molecule has 0 radical (unpaired) electrons. The molecular formula is C10H14N2O4S. The number of hydrogen-bond acceptors (Lipinski definition) is 5. The summed E-state index contributed by atoms with van der Waals surface area (Å²) in [5, 5.41) is 19.8. The summed E-state index contributed by atoms with van der Waals surface area (Å²) in [7, 11) is 3.35. The van der Waals surface area contributed by atoms with Crippen molar-refractivity contribution in [2.75, 3.05) is 14.1 Å². The fourth-order valence-electron chi connectivity index (χ4n) is 1.32. The third kappa shape index (κ3) is 2.80. The van der Waals surface area contributed by atoms with E-state index in [9.17, 15) is 20.0 Å². The van der Waals surface area contributed by atoms with Crippen molar-refractivity contribution in [1.82, 2.24) is 4.90 Å². The van der Waals surface area contributed by atoms with Crippen LogP contribution >= 0.6 is 11.3 Å². The van der Waals surface area contributed by atoms with Gasteiger partial charge in [-0.15, -0.1) is 0 Å². The maximum atomic E-state index is 11.2. The van der Waals surface area contributed by atoms with Gasteiger partial charge in [0.15, 0.2) is 0 Å². The number of aliphatic carboxylic acids is 1. The summed E-state index contributed by atoms with van der Waals surface area (Å²) in [6, 6.07) is 3.01. The predicted molar refractivity (Wildman–Crippen MR) is 64.4 cm³/mol. The molecule has 0 saturated heterocycles. The second-order valence-electron chi connectivity index (χ2n) is 4.15. The van der Waals surface area contributed by atoms with Gasteiger partial charge in [-0.2, -0.15) is 0 Å². The lowest BCUT2D eigenvalue weighted by Crippen LogP contribution is -2.50. The number of carboxylic acid groups (broad SMARTS) is 1. The van der Waals surface area contributed by atoms with E-state index in [0.29, 0.717) is 4.88 Å². The average Bonchev–Trinajstić information content (AvgIpc) is 2.65. The van der Waals surface area contributed by atoms with Crippen LogP contribution in [0, 0.1) is 10.1 Å². The number of thiophene rings is 1. The SMILES string of the molecule is CN(C)C(C)(Cc1ccc([N+](=O)[O-])s1)C(=O)O. The molecule has 1 atom stereocenters. The maximum Gasteiger partial charge on any atom is 0.324 e. The molecule has 0 aromatic carbocycles. The number of hydrogen-bond donors (Lipinski definition) is 1. The lowest BCUT2D eigenvalue weighted by Gasteiger charge is -2.31. The van der Waals surface area contributed by atoms with E-state index in [0.717, 1.165) is 11.3 Å². The Morgan fingerprint density at radius 1 is 1.59 bits per heavy atom. The molecule has 0 bridgehead atoms. The van der Waals surface area contributed by atoms with E-state index < -0.39 is 16.4 Å². The van der Waals surface area contributed by atoms with Gasteiger partial charge in [0.05, 0.1) is 4.92 Å². The molecule has 6 nitrogen and oxygen atoms in total. The van der Waals surface area contributed by atoms with Crippen molar-refractivity contribution >= 4 is 22.3 Å². The molecule has 1 heterocycles. The van der Waals surface area contributed by atoms with Gasteiger partial charge in [0.2, 0.25) is 0 Å². The highest BCUT2D eigenvalue weighted by atomic mass is 32.1. The van der Waals surface area contributed by atoms with Gasteiger partial charge in [-0.1, -0.05) is 11.3 Å². The number of nitrogens with zero attached hydrogens (tertiary/aromatic N) is 2. The van der Waals surface area contributed by atoms with Crippen molar-refractivity contribution in [2.24, 2.45) is 0 Å². The Kier molecular flexibility index (Phi) is 3.84. The van der Waals surface area contributed by atoms with Crippen molar-refractivity contribution in [2.45, 2.75) is 18.9 Å². The van der Waals surface area contributed by atoms with Crippen LogP contribution in [0.3, 0.4) is 0 Å². The summed E-state index contributed by atoms with van der Waals surface area (Å²) < 4.78 is 0. The van der Waals surface area contributed by atoms with Gasteiger partial charge in [-0.05, 0) is 27.1 Å². The van der Waals surface area contributed by atoms with Crippen LogP contribution in [0.1, 0.15) is 11.8 Å². The Hall–Kier alpha value is -1.47. The molecule has 7 heteroatoms. The molecule has 1 aromatic heterocycles. The molecule has 0 amide bonds. The van der Waals surface area contributed by atoms with Gasteiger partial charge < -0.3 is 5.11 Å². The number of rotatable bonds is 5. The summed E-state index contributed by atoms with van der Waals surface area (Å²) >= 11 is 1.01. The summed E-state index contributed by atoms with van der Waals surface area (Å²) in [5.41, 5.74) is -1.06. The van der Waals surface area contributed by atoms with Crippen molar-refractivity contribution in [3.8, 4) is 0 Å². The summed E-state index contributed by atoms with van der Waals surface area (Å²) in [6.45, 7) is 1.60. The Morgan fingerprint density at radius 3 is 2.53 bits per heavy atom. The van der Waals surface area contributed by atoms with Crippen molar-refractivity contribution in [3.63, 3.8) is 0 Å². The second-order valence-corrected chi connectivity index (χ2v) is 5.29. The monoisotopic (exact) mass is 258 g/mol. The zero-order valence-corrected chi connectivity index (χ0v) is 10.7. The quantitative estimate of drug-likeness (QED) is 0.640. The van der Waals surface area contributed by atoms with Crippen LogP contribution in [0.5, 0.6) is 0 Å². The Bertz CT molecular complexity index is 443. The number of carbonyl (C=O) groups is 1. The molecule has 1 aromatic rings. The first kappa shape index (κ1) is 13.6. The number of carboxylic acids is 1. The first-order chi connectivity index (χ1) is 7.77. The standard InChI is InChI=1S/C10H14N2O4S/c1-10(9(13)14,11(2)3)6-7-4-5-8(17-7)12(15)16/h4-5H,6H2,1-3H3,(H,13,14). The topological polar surface area (TPSA) is 83.7 Å². The molecule has 17 heavy (non-hydrogen) atoms. The minimum Gasteiger partial charge on any atom is -0.480 e. The highest BCUT2D eigenvalue weighted by molar-refractivity contribution is 7.15. The van der Waals surface area contributed by atoms with Crippen LogP contribution in [0.25, 0.3) is 0 Å². The van der Waals surface area contributed by atoms with E-state index in [1.165, 1.54) is 6.07 Å². The number of likely N-dealkylation sites (N-methyl/N-ethyl adjacent to an activating group) is 1. The minimum atomic E-state index is -1.06. The molecule has 0 aliphatic carbocycles. The van der Waals surface area contributed by atoms with Gasteiger partial charge in [0, 0.05) is 17.4 Å². The average molecular weight is 258 g/mol. The lowest BCUT2D eigenvalue weighted by atomic mass is 9.96. The number of nitro groups is 1. The molecule has 0 spiro atoms. The van der Waals surface area contributed by atoms with Crippen LogP contribution in [0.15, 0.2) is 12.1 Å². The lowest BCUT2D eigenvalue weighted by molar-refractivity contribution is -0.380. The second kappa shape index (κ2) is 4.80. The van der Waals surface area contributed by atoms with Crippen LogP contribution in [0.4, 0.5) is 5.00 Å². The molecule has 0 aliphatic heterocycles. The van der Waals surface area contributed by atoms with Crippen molar-refractivity contribution in [1.29, 1.82) is 0 Å². The molecule has 1 rings (SSSR count). The Balaban J connectivity index is 2.94. The van der Waals surface area contributed by atoms with Crippen molar-refractivity contribution in [3.05, 3.63) is 27.1 Å². The van der Waals surface area contributed by atoms with Crippen LogP contribution < -0.4 is 0 Å². The molecule has 0 fully saturated rings. The van der Waals surface area contributed by atoms with Crippen LogP contribution in [-0.4, -0.2) is 40.5 Å². The third-order valence-electron chi connectivity index (χ3n) is 2.79. The zero-order chi connectivity index (χ0) is 13.2. The molecule has 0 aliphatic rings. The molecule has 94 valence electrons. The highest BCUT2D eigenvalue weighted by Gasteiger charge is 2.36. The van der Waals surface area contributed by atoms with Crippen molar-refractivity contribution < 1.29 is 14.8 Å². The van der Waals surface area contributed by atoms with Gasteiger partial charge in [0.1, 0.15) is 5.54 Å². The zero-order valence-electron chi connectivity index (χ0n) is 9.84. The molecular weight excluding hydrogens is 244 g/mol. The summed E-state index contributed by atoms with van der Waals surface area (Å²) in [4.78, 5) is 23.6. The first-order valence-electron chi connectivity index (χ1n) is 4.91. The van der Waals surface area contributed by atoms with Gasteiger partial charge in [-0.25, -0.2) is 0 Å². The summed E-state index contributed by atoms with van der Waals surface area (Å²) in [5.74, 6) is -0.946. The maximum absolute atomic E-state index is 11.2. The Morgan fingerprint density at radius 2 is 2.18 bits per heavy atom. The van der Waals surface area contributed by atoms with E-state index in [-0.39, 0.29) is 11.4 Å². The Labute approximate surface area is 103 Å². The fraction of sp³-hybridized carbons (Fsp3) is 0.500. The molecule has 1 unspecified atom stereocenters. The van der Waals surface area contributed by atoms with Gasteiger partial charge in [0.25, 0.3) is 0 Å². The molecule has 0 saturated carbocycles. The van der Waals surface area contributed by atoms with E-state index in [2.05, 4.69) is 0 Å². The smallest absolute Gasteiger partial charge is 0.324 e. The first-order valence-corrected chi connectivity index (χ1v) is 5.73. The largest absolute Gasteiger partial charge is 0.480 e. The van der Waals surface area contributed by atoms with Crippen LogP contribution in [-0.2, 0) is 11.2 Å². The van der Waals surface area contributed by atoms with Gasteiger partial charge in [-0.3, -0.25) is 19.8 Å². The van der Waals surface area contributed by atoms with E-state index in [1.807, 2.05) is 0 Å². The third-order valence-corrected chi connectivity index (χ3v) is 3.83. The normalized spacial score (nSPS) is 14.6. The van der Waals surface area contributed by atoms with Crippen LogP contribution in [0.2, 0.25) is 0 Å². The van der Waals surface area contributed by atoms with E-state index in [1.54, 1.807) is 32.0 Å².